The molecular weight excluding hydrogens is 262 g/mol. The molecule has 1 heterocycles. The summed E-state index contributed by atoms with van der Waals surface area (Å²) in [6.07, 6.45) is 0.141. The zero-order chi connectivity index (χ0) is 15.3. The fourth-order valence-electron chi connectivity index (χ4n) is 2.16. The van der Waals surface area contributed by atoms with E-state index in [0.717, 1.165) is 13.0 Å². The molecule has 2 atom stereocenters. The number of carboxylic acids is 1. The largest absolute Gasteiger partial charge is 0.480 e. The van der Waals surface area contributed by atoms with Crippen LogP contribution >= 0.6 is 0 Å². The SMILES string of the molecule is CC(C)N(C)CCCNC(=O)N1C[C@H](O)C[C@@H]1C(=O)O. The Balaban J connectivity index is 2.33. The minimum Gasteiger partial charge on any atom is -0.480 e. The van der Waals surface area contributed by atoms with Crippen molar-refractivity contribution in [2.75, 3.05) is 26.7 Å². The number of hydrogen-bond donors (Lipinski definition) is 3. The third-order valence-electron chi connectivity index (χ3n) is 3.67. The third kappa shape index (κ3) is 4.64. The summed E-state index contributed by atoms with van der Waals surface area (Å²) >= 11 is 0. The molecule has 7 heteroatoms. The van der Waals surface area contributed by atoms with Crippen LogP contribution < -0.4 is 5.32 Å². The van der Waals surface area contributed by atoms with E-state index in [9.17, 15) is 14.7 Å². The van der Waals surface area contributed by atoms with Crippen molar-refractivity contribution in [3.05, 3.63) is 0 Å². The second-order valence-corrected chi connectivity index (χ2v) is 5.56. The van der Waals surface area contributed by atoms with Crippen LogP contribution in [0.1, 0.15) is 26.7 Å². The summed E-state index contributed by atoms with van der Waals surface area (Å²) in [6, 6.07) is -0.889. The number of likely N-dealkylation sites (tertiary alicyclic amines) is 1. The second-order valence-electron chi connectivity index (χ2n) is 5.56. The van der Waals surface area contributed by atoms with Gasteiger partial charge in [0, 0.05) is 25.6 Å². The van der Waals surface area contributed by atoms with Crippen LogP contribution in [-0.2, 0) is 4.79 Å². The Labute approximate surface area is 119 Å². The van der Waals surface area contributed by atoms with Gasteiger partial charge in [0.2, 0.25) is 0 Å². The van der Waals surface area contributed by atoms with Crippen molar-refractivity contribution in [2.45, 2.75) is 44.9 Å². The number of urea groups is 1. The Morgan fingerprint density at radius 1 is 1.45 bits per heavy atom. The highest BCUT2D eigenvalue weighted by atomic mass is 16.4. The van der Waals surface area contributed by atoms with Crippen molar-refractivity contribution in [3.63, 3.8) is 0 Å². The average molecular weight is 287 g/mol. The monoisotopic (exact) mass is 287 g/mol. The maximum atomic E-state index is 11.9. The van der Waals surface area contributed by atoms with Crippen molar-refractivity contribution in [2.24, 2.45) is 0 Å². The van der Waals surface area contributed by atoms with Gasteiger partial charge in [0.05, 0.1) is 6.10 Å². The molecular formula is C13H25N3O4. The zero-order valence-corrected chi connectivity index (χ0v) is 12.4. The first kappa shape index (κ1) is 16.7. The summed E-state index contributed by atoms with van der Waals surface area (Å²) in [5, 5.41) is 21.2. The molecule has 3 N–H and O–H groups in total. The van der Waals surface area contributed by atoms with E-state index < -0.39 is 24.1 Å². The highest BCUT2D eigenvalue weighted by Crippen LogP contribution is 2.17. The molecule has 0 aromatic rings. The van der Waals surface area contributed by atoms with Gasteiger partial charge in [0.1, 0.15) is 6.04 Å². The number of carboxylic acid groups (broad SMARTS) is 1. The summed E-state index contributed by atoms with van der Waals surface area (Å²) in [5.74, 6) is -1.07. The van der Waals surface area contributed by atoms with E-state index in [1.165, 1.54) is 4.90 Å². The van der Waals surface area contributed by atoms with E-state index in [2.05, 4.69) is 24.1 Å². The van der Waals surface area contributed by atoms with Crippen LogP contribution in [0, 0.1) is 0 Å². The molecule has 1 rings (SSSR count). The molecule has 0 spiro atoms. The first-order valence-corrected chi connectivity index (χ1v) is 6.98. The van der Waals surface area contributed by atoms with Crippen molar-refractivity contribution in [3.8, 4) is 0 Å². The number of aliphatic carboxylic acids is 1. The summed E-state index contributed by atoms with van der Waals surface area (Å²) in [5.41, 5.74) is 0. The lowest BCUT2D eigenvalue weighted by Crippen LogP contribution is -2.46. The lowest BCUT2D eigenvalue weighted by Gasteiger charge is -2.23. The number of carbonyl (C=O) groups excluding carboxylic acids is 1. The lowest BCUT2D eigenvalue weighted by molar-refractivity contribution is -0.141. The predicted molar refractivity (Wildman–Crippen MR) is 74.5 cm³/mol. The van der Waals surface area contributed by atoms with Gasteiger partial charge in [-0.3, -0.25) is 0 Å². The molecule has 0 radical (unpaired) electrons. The average Bonchev–Trinajstić information content (AvgIpc) is 2.76. The lowest BCUT2D eigenvalue weighted by atomic mass is 10.2. The Bertz CT molecular complexity index is 349. The summed E-state index contributed by atoms with van der Waals surface area (Å²) in [6.45, 7) is 5.63. The molecule has 2 amide bonds. The fraction of sp³-hybridized carbons (Fsp3) is 0.846. The normalized spacial score (nSPS) is 22.6. The molecule has 0 unspecified atom stereocenters. The molecule has 116 valence electrons. The van der Waals surface area contributed by atoms with Crippen LogP contribution in [0.3, 0.4) is 0 Å². The van der Waals surface area contributed by atoms with Gasteiger partial charge in [0.15, 0.2) is 0 Å². The molecule has 0 aliphatic carbocycles. The third-order valence-corrected chi connectivity index (χ3v) is 3.67. The number of carbonyl (C=O) groups is 2. The molecule has 1 aliphatic rings. The molecule has 1 saturated heterocycles. The molecule has 0 bridgehead atoms. The fourth-order valence-corrected chi connectivity index (χ4v) is 2.16. The number of nitrogens with one attached hydrogen (secondary N) is 1. The zero-order valence-electron chi connectivity index (χ0n) is 12.4. The first-order valence-electron chi connectivity index (χ1n) is 6.98. The van der Waals surface area contributed by atoms with Crippen LogP contribution in [0.2, 0.25) is 0 Å². The van der Waals surface area contributed by atoms with Crippen LogP contribution in [0.15, 0.2) is 0 Å². The number of rotatable bonds is 6. The molecule has 1 aliphatic heterocycles. The van der Waals surface area contributed by atoms with Crippen molar-refractivity contribution in [1.82, 2.24) is 15.1 Å². The minimum atomic E-state index is -1.07. The number of β-amino-alcohol motifs (C(OH)–C–C–N with tert-alkyl or cyclic N) is 1. The van der Waals surface area contributed by atoms with Crippen LogP contribution in [0.4, 0.5) is 4.79 Å². The van der Waals surface area contributed by atoms with Crippen LogP contribution in [0.25, 0.3) is 0 Å². The van der Waals surface area contributed by atoms with Gasteiger partial charge in [-0.25, -0.2) is 9.59 Å². The summed E-state index contributed by atoms with van der Waals surface area (Å²) in [4.78, 5) is 26.3. The smallest absolute Gasteiger partial charge is 0.326 e. The molecule has 0 aromatic carbocycles. The van der Waals surface area contributed by atoms with Crippen LogP contribution in [0.5, 0.6) is 0 Å². The number of aliphatic hydroxyl groups excluding tert-OH is 1. The number of nitrogens with zero attached hydrogens (tertiary/aromatic N) is 2. The summed E-state index contributed by atoms with van der Waals surface area (Å²) in [7, 11) is 2.02. The van der Waals surface area contributed by atoms with Crippen molar-refractivity contribution < 1.29 is 19.8 Å². The number of hydrogen-bond acceptors (Lipinski definition) is 4. The van der Waals surface area contributed by atoms with Gasteiger partial charge in [-0.05, 0) is 33.9 Å². The Hall–Kier alpha value is -1.34. The summed E-state index contributed by atoms with van der Waals surface area (Å²) < 4.78 is 0. The second kappa shape index (κ2) is 7.44. The Morgan fingerprint density at radius 2 is 2.10 bits per heavy atom. The van der Waals surface area contributed by atoms with Gasteiger partial charge >= 0.3 is 12.0 Å². The number of amides is 2. The molecule has 20 heavy (non-hydrogen) atoms. The number of aliphatic hydroxyl groups is 1. The van der Waals surface area contributed by atoms with Gasteiger partial charge in [-0.15, -0.1) is 0 Å². The van der Waals surface area contributed by atoms with E-state index >= 15 is 0 Å². The maximum absolute atomic E-state index is 11.9. The van der Waals surface area contributed by atoms with Gasteiger partial charge < -0.3 is 25.3 Å². The standard InChI is InChI=1S/C13H25N3O4/c1-9(2)15(3)6-4-5-14-13(20)16-8-10(17)7-11(16)12(18)19/h9-11,17H,4-8H2,1-3H3,(H,14,20)(H,18,19)/t10-,11-/m1/s1. The van der Waals surface area contributed by atoms with Crippen molar-refractivity contribution >= 4 is 12.0 Å². The van der Waals surface area contributed by atoms with E-state index in [4.69, 9.17) is 5.11 Å². The predicted octanol–water partition coefficient (Wildman–Crippen LogP) is -0.0539. The van der Waals surface area contributed by atoms with Gasteiger partial charge in [-0.2, -0.15) is 0 Å². The topological polar surface area (TPSA) is 93.1 Å². The van der Waals surface area contributed by atoms with E-state index in [-0.39, 0.29) is 13.0 Å². The molecule has 0 saturated carbocycles. The van der Waals surface area contributed by atoms with E-state index in [1.54, 1.807) is 0 Å². The van der Waals surface area contributed by atoms with Gasteiger partial charge in [0.25, 0.3) is 0 Å². The quantitative estimate of drug-likeness (QED) is 0.595. The molecule has 7 nitrogen and oxygen atoms in total. The van der Waals surface area contributed by atoms with Crippen molar-refractivity contribution in [1.29, 1.82) is 0 Å². The molecule has 0 aromatic heterocycles. The maximum Gasteiger partial charge on any atom is 0.326 e. The molecule has 1 fully saturated rings. The van der Waals surface area contributed by atoms with Gasteiger partial charge in [-0.1, -0.05) is 0 Å². The van der Waals surface area contributed by atoms with E-state index in [0.29, 0.717) is 12.6 Å². The minimum absolute atomic E-state index is 0.0781. The highest BCUT2D eigenvalue weighted by molar-refractivity contribution is 5.83. The Kier molecular flexibility index (Phi) is 6.22. The van der Waals surface area contributed by atoms with Crippen LogP contribution in [-0.4, -0.2) is 76.9 Å². The highest BCUT2D eigenvalue weighted by Gasteiger charge is 2.38. The first-order chi connectivity index (χ1) is 9.32. The van der Waals surface area contributed by atoms with E-state index in [1.807, 2.05) is 7.05 Å². The Morgan fingerprint density at radius 3 is 2.65 bits per heavy atom.